The lowest BCUT2D eigenvalue weighted by atomic mass is 9.84. The Morgan fingerprint density at radius 2 is 2.17 bits per heavy atom. The van der Waals surface area contributed by atoms with Crippen LogP contribution in [0.2, 0.25) is 0 Å². The molecule has 0 saturated carbocycles. The van der Waals surface area contributed by atoms with E-state index in [1.54, 1.807) is 6.07 Å². The third-order valence-corrected chi connectivity index (χ3v) is 3.38. The highest BCUT2D eigenvalue weighted by atomic mass is 16.4. The van der Waals surface area contributed by atoms with Gasteiger partial charge in [-0.3, -0.25) is 9.59 Å². The van der Waals surface area contributed by atoms with Gasteiger partial charge in [0.05, 0.1) is 0 Å². The van der Waals surface area contributed by atoms with Crippen LogP contribution in [0.5, 0.6) is 0 Å². The summed E-state index contributed by atoms with van der Waals surface area (Å²) in [7, 11) is 0. The zero-order valence-electron chi connectivity index (χ0n) is 10.4. The quantitative estimate of drug-likeness (QED) is 0.709. The Morgan fingerprint density at radius 1 is 1.44 bits per heavy atom. The molecule has 2 aliphatic heterocycles. The normalized spacial score (nSPS) is 24.5. The van der Waals surface area contributed by atoms with Gasteiger partial charge in [-0.15, -0.1) is 0 Å². The van der Waals surface area contributed by atoms with Gasteiger partial charge in [-0.25, -0.2) is 0 Å². The molecule has 5 heteroatoms. The van der Waals surface area contributed by atoms with Crippen molar-refractivity contribution in [2.24, 2.45) is 5.92 Å². The number of carboxylic acids is 1. The number of hydrogen-bond acceptors (Lipinski definition) is 3. The first-order valence-corrected chi connectivity index (χ1v) is 6.18. The molecule has 2 bridgehead atoms. The predicted octanol–water partition coefficient (Wildman–Crippen LogP) is 0.646. The number of nitrogens with one attached hydrogen (secondary N) is 1. The SMILES string of the molecule is CC(=O)O.O=c1cccc2n1CC1CNCC2C1. The fraction of sp³-hybridized carbons (Fsp3) is 0.538. The molecule has 3 heterocycles. The lowest BCUT2D eigenvalue weighted by molar-refractivity contribution is -0.134. The van der Waals surface area contributed by atoms with Gasteiger partial charge in [-0.2, -0.15) is 0 Å². The third kappa shape index (κ3) is 2.79. The summed E-state index contributed by atoms with van der Waals surface area (Å²) in [4.78, 5) is 20.6. The molecule has 2 unspecified atom stereocenters. The molecule has 98 valence electrons. The number of piperidine rings is 1. The van der Waals surface area contributed by atoms with Gasteiger partial charge in [0.15, 0.2) is 0 Å². The van der Waals surface area contributed by atoms with Crippen LogP contribution < -0.4 is 10.9 Å². The molecule has 18 heavy (non-hydrogen) atoms. The maximum absolute atomic E-state index is 11.6. The van der Waals surface area contributed by atoms with E-state index in [1.165, 1.54) is 12.1 Å². The summed E-state index contributed by atoms with van der Waals surface area (Å²) < 4.78 is 1.96. The van der Waals surface area contributed by atoms with Gasteiger partial charge in [0.2, 0.25) is 0 Å². The molecule has 3 rings (SSSR count). The minimum Gasteiger partial charge on any atom is -0.481 e. The van der Waals surface area contributed by atoms with E-state index in [0.29, 0.717) is 11.8 Å². The summed E-state index contributed by atoms with van der Waals surface area (Å²) >= 11 is 0. The lowest BCUT2D eigenvalue weighted by Crippen LogP contribution is -2.44. The van der Waals surface area contributed by atoms with Crippen molar-refractivity contribution < 1.29 is 9.90 Å². The minimum absolute atomic E-state index is 0.166. The Morgan fingerprint density at radius 3 is 2.89 bits per heavy atom. The zero-order chi connectivity index (χ0) is 13.1. The molecule has 2 atom stereocenters. The largest absolute Gasteiger partial charge is 0.481 e. The lowest BCUT2D eigenvalue weighted by Gasteiger charge is -2.37. The first-order chi connectivity index (χ1) is 8.58. The van der Waals surface area contributed by atoms with Gasteiger partial charge in [-0.1, -0.05) is 6.07 Å². The molecule has 1 aromatic heterocycles. The second-order valence-electron chi connectivity index (χ2n) is 4.88. The Bertz CT molecular complexity index is 491. The summed E-state index contributed by atoms with van der Waals surface area (Å²) in [5, 5.41) is 10.8. The summed E-state index contributed by atoms with van der Waals surface area (Å²) in [6.45, 7) is 4.08. The molecule has 5 nitrogen and oxygen atoms in total. The number of fused-ring (bicyclic) bond motifs is 4. The van der Waals surface area contributed by atoms with Crippen molar-refractivity contribution >= 4 is 5.97 Å². The average molecular weight is 250 g/mol. The molecule has 0 amide bonds. The number of rotatable bonds is 0. The first-order valence-electron chi connectivity index (χ1n) is 6.18. The Kier molecular flexibility index (Phi) is 3.81. The van der Waals surface area contributed by atoms with Crippen LogP contribution in [0.1, 0.15) is 25.0 Å². The summed E-state index contributed by atoms with van der Waals surface area (Å²) in [5.74, 6) is 0.373. The van der Waals surface area contributed by atoms with E-state index in [4.69, 9.17) is 9.90 Å². The van der Waals surface area contributed by atoms with Crippen LogP contribution in [0.15, 0.2) is 23.0 Å². The van der Waals surface area contributed by atoms with E-state index in [9.17, 15) is 4.79 Å². The standard InChI is InChI=1S/C11H14N2O.C2H4O2/c14-11-3-1-2-10-9-4-8(5-12-6-9)7-13(10)11;1-2(3)4/h1-3,8-9,12H,4-7H2;1H3,(H,3,4). The van der Waals surface area contributed by atoms with E-state index in [-0.39, 0.29) is 5.56 Å². The highest BCUT2D eigenvalue weighted by Gasteiger charge is 2.30. The van der Waals surface area contributed by atoms with Crippen molar-refractivity contribution in [3.8, 4) is 0 Å². The molecule has 0 radical (unpaired) electrons. The number of aromatic nitrogens is 1. The molecular formula is C13H18N2O3. The smallest absolute Gasteiger partial charge is 0.300 e. The van der Waals surface area contributed by atoms with Gasteiger partial charge >= 0.3 is 0 Å². The molecule has 1 saturated heterocycles. The molecule has 2 aliphatic rings. The van der Waals surface area contributed by atoms with E-state index >= 15 is 0 Å². The van der Waals surface area contributed by atoms with Crippen molar-refractivity contribution in [3.63, 3.8) is 0 Å². The Labute approximate surface area is 105 Å². The van der Waals surface area contributed by atoms with Crippen LogP contribution in [-0.2, 0) is 11.3 Å². The summed E-state index contributed by atoms with van der Waals surface area (Å²) in [6, 6.07) is 5.64. The molecule has 0 spiro atoms. The predicted molar refractivity (Wildman–Crippen MR) is 67.7 cm³/mol. The van der Waals surface area contributed by atoms with Crippen LogP contribution in [0.3, 0.4) is 0 Å². The second kappa shape index (κ2) is 5.35. The molecule has 1 fully saturated rings. The van der Waals surface area contributed by atoms with Crippen molar-refractivity contribution in [1.29, 1.82) is 0 Å². The van der Waals surface area contributed by atoms with E-state index in [2.05, 4.69) is 11.4 Å². The highest BCUT2D eigenvalue weighted by molar-refractivity contribution is 5.62. The Hall–Kier alpha value is -1.62. The van der Waals surface area contributed by atoms with Crippen molar-refractivity contribution in [2.45, 2.75) is 25.8 Å². The molecule has 2 N–H and O–H groups in total. The highest BCUT2D eigenvalue weighted by Crippen LogP contribution is 2.31. The van der Waals surface area contributed by atoms with Crippen LogP contribution in [0.25, 0.3) is 0 Å². The minimum atomic E-state index is -0.833. The van der Waals surface area contributed by atoms with Crippen LogP contribution in [-0.4, -0.2) is 28.7 Å². The van der Waals surface area contributed by atoms with Gasteiger partial charge in [0.1, 0.15) is 0 Å². The van der Waals surface area contributed by atoms with Gasteiger partial charge < -0.3 is 15.0 Å². The zero-order valence-corrected chi connectivity index (χ0v) is 10.4. The number of carbonyl (C=O) groups is 1. The molecule has 0 aliphatic carbocycles. The van der Waals surface area contributed by atoms with Crippen molar-refractivity contribution in [3.05, 3.63) is 34.2 Å². The number of nitrogens with zero attached hydrogens (tertiary/aromatic N) is 1. The topological polar surface area (TPSA) is 71.3 Å². The average Bonchev–Trinajstić information content (AvgIpc) is 2.30. The van der Waals surface area contributed by atoms with Crippen molar-refractivity contribution in [1.82, 2.24) is 9.88 Å². The van der Waals surface area contributed by atoms with Gasteiger partial charge in [-0.05, 0) is 24.9 Å². The number of aliphatic carboxylic acids is 1. The molecular weight excluding hydrogens is 232 g/mol. The number of carboxylic acid groups (broad SMARTS) is 1. The van der Waals surface area contributed by atoms with Crippen LogP contribution >= 0.6 is 0 Å². The van der Waals surface area contributed by atoms with E-state index < -0.39 is 5.97 Å². The van der Waals surface area contributed by atoms with Crippen molar-refractivity contribution in [2.75, 3.05) is 13.1 Å². The number of pyridine rings is 1. The summed E-state index contributed by atoms with van der Waals surface area (Å²) in [6.07, 6.45) is 1.25. The monoisotopic (exact) mass is 250 g/mol. The first kappa shape index (κ1) is 12.8. The molecule has 0 aromatic carbocycles. The number of hydrogen-bond donors (Lipinski definition) is 2. The maximum Gasteiger partial charge on any atom is 0.300 e. The second-order valence-corrected chi connectivity index (χ2v) is 4.88. The molecule has 1 aromatic rings. The fourth-order valence-corrected chi connectivity index (χ4v) is 2.74. The van der Waals surface area contributed by atoms with Gasteiger partial charge in [0.25, 0.3) is 11.5 Å². The van der Waals surface area contributed by atoms with Crippen LogP contribution in [0, 0.1) is 5.92 Å². The third-order valence-electron chi connectivity index (χ3n) is 3.38. The Balaban J connectivity index is 0.000000267. The van der Waals surface area contributed by atoms with Crippen LogP contribution in [0.4, 0.5) is 0 Å². The van der Waals surface area contributed by atoms with Gasteiger partial charge in [0, 0.05) is 37.7 Å². The van der Waals surface area contributed by atoms with E-state index in [1.807, 2.05) is 10.6 Å². The maximum atomic E-state index is 11.6. The van der Waals surface area contributed by atoms with E-state index in [0.717, 1.165) is 26.6 Å². The summed E-state index contributed by atoms with van der Waals surface area (Å²) in [5.41, 5.74) is 1.39. The fourth-order valence-electron chi connectivity index (χ4n) is 2.74.